The number of hydrogen-bond acceptors (Lipinski definition) is 6. The van der Waals surface area contributed by atoms with Gasteiger partial charge in [0.2, 0.25) is 5.82 Å². The summed E-state index contributed by atoms with van der Waals surface area (Å²) in [6.45, 7) is 2.15. The van der Waals surface area contributed by atoms with Crippen molar-refractivity contribution in [2.24, 2.45) is 0 Å². The molecule has 6 nitrogen and oxygen atoms in total. The van der Waals surface area contributed by atoms with Crippen LogP contribution < -0.4 is 10.2 Å². The van der Waals surface area contributed by atoms with Crippen LogP contribution in [0.15, 0.2) is 52.3 Å². The number of benzene rings is 2. The molecule has 0 aliphatic carbocycles. The van der Waals surface area contributed by atoms with Crippen LogP contribution in [0.2, 0.25) is 0 Å². The lowest BCUT2D eigenvalue weighted by atomic mass is 10.0. The zero-order valence-corrected chi connectivity index (χ0v) is 14.5. The summed E-state index contributed by atoms with van der Waals surface area (Å²) in [4.78, 5) is 5.08. The van der Waals surface area contributed by atoms with Crippen LogP contribution in [0.4, 0.5) is 11.4 Å². The van der Waals surface area contributed by atoms with Gasteiger partial charge in [0.15, 0.2) is 0 Å². The molecule has 3 aromatic rings. The molecule has 0 unspecified atom stereocenters. The van der Waals surface area contributed by atoms with E-state index in [2.05, 4.69) is 73.3 Å². The first kappa shape index (κ1) is 14.9. The Hall–Kier alpha value is -2.38. The minimum absolute atomic E-state index is 0.526. The van der Waals surface area contributed by atoms with E-state index < -0.39 is 0 Å². The van der Waals surface area contributed by atoms with Crippen LogP contribution in [-0.4, -0.2) is 39.8 Å². The summed E-state index contributed by atoms with van der Waals surface area (Å²) in [5.74, 6) is 0.635. The van der Waals surface area contributed by atoms with E-state index in [1.54, 1.807) is 0 Å². The third-order valence-electron chi connectivity index (χ3n) is 4.84. The number of aromatic nitrogens is 4. The highest BCUT2D eigenvalue weighted by Crippen LogP contribution is 2.50. The van der Waals surface area contributed by atoms with Gasteiger partial charge in [-0.3, -0.25) is 0 Å². The topological polar surface area (TPSA) is 69.7 Å². The van der Waals surface area contributed by atoms with E-state index in [0.29, 0.717) is 11.9 Å². The summed E-state index contributed by atoms with van der Waals surface area (Å²) in [6.07, 6.45) is 2.32. The average molecular weight is 350 g/mol. The molecule has 7 heteroatoms. The van der Waals surface area contributed by atoms with Gasteiger partial charge >= 0.3 is 0 Å². The van der Waals surface area contributed by atoms with Crippen molar-refractivity contribution >= 4 is 23.1 Å². The Balaban J connectivity index is 1.62. The molecular weight excluding hydrogens is 332 g/mol. The highest BCUT2D eigenvalue weighted by atomic mass is 32.2. The number of piperidine rings is 1. The number of aromatic amines is 1. The second-order valence-electron chi connectivity index (χ2n) is 6.34. The monoisotopic (exact) mass is 350 g/mol. The van der Waals surface area contributed by atoms with Crippen LogP contribution in [0.1, 0.15) is 12.8 Å². The number of anilines is 2. The van der Waals surface area contributed by atoms with Gasteiger partial charge in [-0.15, -0.1) is 10.2 Å². The quantitative estimate of drug-likeness (QED) is 0.739. The van der Waals surface area contributed by atoms with Crippen molar-refractivity contribution in [2.75, 3.05) is 18.0 Å². The predicted octanol–water partition coefficient (Wildman–Crippen LogP) is 3.22. The lowest BCUT2D eigenvalue weighted by molar-refractivity contribution is 0.450. The molecule has 25 heavy (non-hydrogen) atoms. The van der Waals surface area contributed by atoms with Gasteiger partial charge in [-0.1, -0.05) is 23.9 Å². The molecule has 1 aromatic heterocycles. The largest absolute Gasteiger partial charge is 0.336 e. The average Bonchev–Trinajstić information content (AvgIpc) is 3.21. The van der Waals surface area contributed by atoms with Gasteiger partial charge in [-0.05, 0) is 61.5 Å². The number of tetrazole rings is 1. The summed E-state index contributed by atoms with van der Waals surface area (Å²) in [6, 6.07) is 15.7. The third-order valence-corrected chi connectivity index (χ3v) is 5.95. The van der Waals surface area contributed by atoms with Crippen LogP contribution >= 0.6 is 11.8 Å². The van der Waals surface area contributed by atoms with Crippen molar-refractivity contribution in [2.45, 2.75) is 28.7 Å². The molecule has 1 saturated heterocycles. The Kier molecular flexibility index (Phi) is 3.68. The standard InChI is InChI=1S/C18H18N6S/c1-2-4-16-14(3-1)24(13-7-9-19-10-8-13)15-6-5-12(11-17(15)25-16)18-20-22-23-21-18/h1-6,11,13,19H,7-10H2,(H,20,21,22,23). The minimum Gasteiger partial charge on any atom is -0.336 e. The molecule has 2 aromatic carbocycles. The first-order valence-electron chi connectivity index (χ1n) is 8.55. The fourth-order valence-electron chi connectivity index (χ4n) is 3.67. The van der Waals surface area contributed by atoms with E-state index in [0.717, 1.165) is 31.5 Å². The molecule has 0 radical (unpaired) electrons. The van der Waals surface area contributed by atoms with Crippen molar-refractivity contribution in [3.63, 3.8) is 0 Å². The van der Waals surface area contributed by atoms with Crippen LogP contribution in [0.3, 0.4) is 0 Å². The predicted molar refractivity (Wildman–Crippen MR) is 98.2 cm³/mol. The zero-order chi connectivity index (χ0) is 16.6. The van der Waals surface area contributed by atoms with E-state index in [1.807, 2.05) is 11.8 Å². The van der Waals surface area contributed by atoms with Gasteiger partial charge < -0.3 is 10.2 Å². The van der Waals surface area contributed by atoms with E-state index in [9.17, 15) is 0 Å². The molecule has 5 rings (SSSR count). The third kappa shape index (κ3) is 2.60. The van der Waals surface area contributed by atoms with Crippen LogP contribution in [-0.2, 0) is 0 Å². The molecule has 126 valence electrons. The molecule has 0 atom stereocenters. The second kappa shape index (κ2) is 6.16. The molecule has 0 spiro atoms. The maximum Gasteiger partial charge on any atom is 0.204 e. The number of para-hydroxylation sites is 1. The highest BCUT2D eigenvalue weighted by molar-refractivity contribution is 7.99. The van der Waals surface area contributed by atoms with Crippen molar-refractivity contribution in [1.29, 1.82) is 0 Å². The second-order valence-corrected chi connectivity index (χ2v) is 7.42. The SMILES string of the molecule is c1ccc2c(c1)Sc1cc(-c3nn[nH]n3)ccc1N2C1CCNCC1. The number of hydrogen-bond donors (Lipinski definition) is 2. The molecule has 2 N–H and O–H groups in total. The highest BCUT2D eigenvalue weighted by Gasteiger charge is 2.30. The van der Waals surface area contributed by atoms with E-state index in [-0.39, 0.29) is 0 Å². The number of fused-ring (bicyclic) bond motifs is 2. The molecule has 3 heterocycles. The van der Waals surface area contributed by atoms with Crippen molar-refractivity contribution < 1.29 is 0 Å². The van der Waals surface area contributed by atoms with Crippen LogP contribution in [0.25, 0.3) is 11.4 Å². The molecular formula is C18H18N6S. The summed E-state index contributed by atoms with van der Waals surface area (Å²) in [7, 11) is 0. The number of rotatable bonds is 2. The number of nitrogens with zero attached hydrogens (tertiary/aromatic N) is 4. The molecule has 2 aliphatic rings. The van der Waals surface area contributed by atoms with Gasteiger partial charge in [0.05, 0.1) is 11.4 Å². The van der Waals surface area contributed by atoms with Crippen molar-refractivity contribution in [1.82, 2.24) is 25.9 Å². The van der Waals surface area contributed by atoms with Crippen molar-refractivity contribution in [3.8, 4) is 11.4 Å². The lowest BCUT2D eigenvalue weighted by Crippen LogP contribution is -2.41. The van der Waals surface area contributed by atoms with E-state index in [1.165, 1.54) is 21.2 Å². The first-order chi connectivity index (χ1) is 12.4. The maximum absolute atomic E-state index is 4.11. The van der Waals surface area contributed by atoms with E-state index in [4.69, 9.17) is 0 Å². The van der Waals surface area contributed by atoms with Crippen LogP contribution in [0, 0.1) is 0 Å². The fourth-order valence-corrected chi connectivity index (χ4v) is 4.78. The summed E-state index contributed by atoms with van der Waals surface area (Å²) in [5, 5.41) is 17.9. The Morgan fingerprint density at radius 2 is 1.84 bits per heavy atom. The number of nitrogens with one attached hydrogen (secondary N) is 2. The molecule has 2 aliphatic heterocycles. The molecule has 1 fully saturated rings. The maximum atomic E-state index is 4.11. The summed E-state index contributed by atoms with van der Waals surface area (Å²) in [5.41, 5.74) is 3.59. The summed E-state index contributed by atoms with van der Waals surface area (Å²) < 4.78 is 0. The lowest BCUT2D eigenvalue weighted by Gasteiger charge is -2.40. The fraction of sp³-hybridized carbons (Fsp3) is 0.278. The number of H-pyrrole nitrogens is 1. The Morgan fingerprint density at radius 1 is 1.00 bits per heavy atom. The van der Waals surface area contributed by atoms with Crippen molar-refractivity contribution in [3.05, 3.63) is 42.5 Å². The van der Waals surface area contributed by atoms with Gasteiger partial charge in [0, 0.05) is 21.4 Å². The molecule has 0 saturated carbocycles. The minimum atomic E-state index is 0.526. The summed E-state index contributed by atoms with van der Waals surface area (Å²) >= 11 is 1.82. The smallest absolute Gasteiger partial charge is 0.204 e. The van der Waals surface area contributed by atoms with E-state index >= 15 is 0 Å². The van der Waals surface area contributed by atoms with Gasteiger partial charge in [0.25, 0.3) is 0 Å². The normalized spacial score (nSPS) is 17.2. The van der Waals surface area contributed by atoms with Gasteiger partial charge in [-0.2, -0.15) is 5.21 Å². The first-order valence-corrected chi connectivity index (χ1v) is 9.36. The Morgan fingerprint density at radius 3 is 2.68 bits per heavy atom. The van der Waals surface area contributed by atoms with Crippen LogP contribution in [0.5, 0.6) is 0 Å². The molecule has 0 amide bonds. The molecule has 0 bridgehead atoms. The van der Waals surface area contributed by atoms with Gasteiger partial charge in [-0.25, -0.2) is 0 Å². The Labute approximate surface area is 150 Å². The van der Waals surface area contributed by atoms with Gasteiger partial charge in [0.1, 0.15) is 0 Å². The Bertz CT molecular complexity index is 888. The zero-order valence-electron chi connectivity index (χ0n) is 13.6.